The van der Waals surface area contributed by atoms with Crippen LogP contribution in [-0.2, 0) is 19.6 Å². The molecular formula is C7H11KO5S. The molecule has 0 aromatic rings. The van der Waals surface area contributed by atoms with Crippen LogP contribution in [0.3, 0.4) is 0 Å². The molecular weight excluding hydrogens is 235 g/mol. The summed E-state index contributed by atoms with van der Waals surface area (Å²) < 4.78 is 35.1. The Morgan fingerprint density at radius 3 is 2.36 bits per heavy atom. The van der Waals surface area contributed by atoms with Gasteiger partial charge in [0.05, 0.1) is 22.5 Å². The van der Waals surface area contributed by atoms with Gasteiger partial charge in [-0.15, -0.1) is 0 Å². The number of esters is 1. The minimum atomic E-state index is -4.44. The maximum absolute atomic E-state index is 10.9. The summed E-state index contributed by atoms with van der Waals surface area (Å²) in [5, 5.41) is 0. The SMILES string of the molecule is C=C(CS(=O)(=O)[O-])C(=O)OCCC.[K+]. The van der Waals surface area contributed by atoms with Gasteiger partial charge in [-0.05, 0) is 6.42 Å². The van der Waals surface area contributed by atoms with Gasteiger partial charge in [0, 0.05) is 5.57 Å². The molecule has 0 aromatic heterocycles. The molecule has 7 heteroatoms. The summed E-state index contributed by atoms with van der Waals surface area (Å²) in [6, 6.07) is 0. The third-order valence-electron chi connectivity index (χ3n) is 1.08. The third-order valence-corrected chi connectivity index (χ3v) is 1.78. The van der Waals surface area contributed by atoms with Crippen molar-refractivity contribution >= 4 is 16.1 Å². The molecule has 0 aromatic carbocycles. The second kappa shape index (κ2) is 7.97. The van der Waals surface area contributed by atoms with Crippen molar-refractivity contribution in [3.63, 3.8) is 0 Å². The Morgan fingerprint density at radius 2 is 2.00 bits per heavy atom. The van der Waals surface area contributed by atoms with Crippen LogP contribution in [0.25, 0.3) is 0 Å². The molecule has 0 aliphatic rings. The second-order valence-corrected chi connectivity index (χ2v) is 3.85. The van der Waals surface area contributed by atoms with Gasteiger partial charge < -0.3 is 9.29 Å². The van der Waals surface area contributed by atoms with Crippen molar-refractivity contribution in [1.82, 2.24) is 0 Å². The Labute approximate surface area is 126 Å². The van der Waals surface area contributed by atoms with E-state index in [1.54, 1.807) is 6.92 Å². The fraction of sp³-hybridized carbons (Fsp3) is 0.571. The molecule has 0 radical (unpaired) electrons. The average Bonchev–Trinajstić information content (AvgIpc) is 1.96. The van der Waals surface area contributed by atoms with Gasteiger partial charge in [0.15, 0.2) is 0 Å². The molecule has 76 valence electrons. The first-order chi connectivity index (χ1) is 5.87. The van der Waals surface area contributed by atoms with Crippen molar-refractivity contribution in [3.8, 4) is 0 Å². The van der Waals surface area contributed by atoms with E-state index in [-0.39, 0.29) is 63.6 Å². The predicted octanol–water partition coefficient (Wildman–Crippen LogP) is -2.95. The maximum Gasteiger partial charge on any atom is 1.00 e. The summed E-state index contributed by atoms with van der Waals surface area (Å²) in [6.07, 6.45) is 0.628. The first-order valence-electron chi connectivity index (χ1n) is 3.65. The Morgan fingerprint density at radius 1 is 1.50 bits per heavy atom. The van der Waals surface area contributed by atoms with Crippen LogP contribution >= 0.6 is 0 Å². The van der Waals surface area contributed by atoms with Crippen molar-refractivity contribution in [2.75, 3.05) is 12.4 Å². The zero-order valence-corrected chi connectivity index (χ0v) is 12.2. The minimum Gasteiger partial charge on any atom is -0.748 e. The van der Waals surface area contributed by atoms with Crippen LogP contribution in [0.5, 0.6) is 0 Å². The largest absolute Gasteiger partial charge is 1.00 e. The molecule has 0 fully saturated rings. The fourth-order valence-corrected chi connectivity index (χ4v) is 1.11. The third kappa shape index (κ3) is 9.32. The number of carbonyl (C=O) groups excluding carboxylic acids is 1. The monoisotopic (exact) mass is 246 g/mol. The zero-order valence-electron chi connectivity index (χ0n) is 8.28. The van der Waals surface area contributed by atoms with E-state index in [2.05, 4.69) is 11.3 Å². The molecule has 0 bridgehead atoms. The normalized spacial score (nSPS) is 10.1. The molecule has 0 saturated heterocycles. The molecule has 0 saturated carbocycles. The average molecular weight is 246 g/mol. The Hall–Kier alpha value is 0.756. The summed E-state index contributed by atoms with van der Waals surface area (Å²) in [6.45, 7) is 5.12. The minimum absolute atomic E-state index is 0. The van der Waals surface area contributed by atoms with Crippen molar-refractivity contribution in [2.45, 2.75) is 13.3 Å². The number of rotatable bonds is 5. The molecule has 14 heavy (non-hydrogen) atoms. The van der Waals surface area contributed by atoms with Gasteiger partial charge in [0.1, 0.15) is 0 Å². The van der Waals surface area contributed by atoms with Crippen molar-refractivity contribution in [2.24, 2.45) is 0 Å². The topological polar surface area (TPSA) is 83.5 Å². The van der Waals surface area contributed by atoms with E-state index in [0.29, 0.717) is 6.42 Å². The molecule has 0 atom stereocenters. The zero-order chi connectivity index (χ0) is 10.5. The number of hydrogen-bond donors (Lipinski definition) is 0. The number of hydrogen-bond acceptors (Lipinski definition) is 5. The number of ether oxygens (including phenoxy) is 1. The van der Waals surface area contributed by atoms with Gasteiger partial charge in [-0.25, -0.2) is 13.2 Å². The molecule has 5 nitrogen and oxygen atoms in total. The van der Waals surface area contributed by atoms with Crippen LogP contribution in [0.4, 0.5) is 0 Å². The fourth-order valence-electron chi connectivity index (χ4n) is 0.569. The van der Waals surface area contributed by atoms with Gasteiger partial charge in [0.2, 0.25) is 0 Å². The van der Waals surface area contributed by atoms with Crippen LogP contribution in [0, 0.1) is 0 Å². The van der Waals surface area contributed by atoms with Crippen LogP contribution in [0.15, 0.2) is 12.2 Å². The van der Waals surface area contributed by atoms with Crippen LogP contribution in [0.1, 0.15) is 13.3 Å². The van der Waals surface area contributed by atoms with Crippen LogP contribution in [-0.4, -0.2) is 31.3 Å². The van der Waals surface area contributed by atoms with Crippen molar-refractivity contribution in [3.05, 3.63) is 12.2 Å². The molecule has 0 aliphatic heterocycles. The predicted molar refractivity (Wildman–Crippen MR) is 45.0 cm³/mol. The Bertz CT molecular complexity index is 295. The summed E-state index contributed by atoms with van der Waals surface area (Å²) in [7, 11) is -4.44. The van der Waals surface area contributed by atoms with E-state index >= 15 is 0 Å². The van der Waals surface area contributed by atoms with Gasteiger partial charge in [-0.3, -0.25) is 0 Å². The second-order valence-electron chi connectivity index (χ2n) is 2.44. The van der Waals surface area contributed by atoms with Gasteiger partial charge in [-0.1, -0.05) is 13.5 Å². The Kier molecular flexibility index (Phi) is 9.77. The summed E-state index contributed by atoms with van der Waals surface area (Å²) >= 11 is 0. The van der Waals surface area contributed by atoms with Crippen molar-refractivity contribution < 1.29 is 73.9 Å². The van der Waals surface area contributed by atoms with E-state index in [9.17, 15) is 17.8 Å². The van der Waals surface area contributed by atoms with E-state index < -0.39 is 21.8 Å². The van der Waals surface area contributed by atoms with Gasteiger partial charge >= 0.3 is 57.4 Å². The summed E-state index contributed by atoms with van der Waals surface area (Å²) in [4.78, 5) is 10.9. The van der Waals surface area contributed by atoms with Gasteiger partial charge in [-0.2, -0.15) is 0 Å². The van der Waals surface area contributed by atoms with E-state index in [1.165, 1.54) is 0 Å². The molecule has 0 rings (SSSR count). The van der Waals surface area contributed by atoms with E-state index in [0.717, 1.165) is 0 Å². The smallest absolute Gasteiger partial charge is 0.748 e. The molecule has 0 heterocycles. The maximum atomic E-state index is 10.9. The molecule has 0 aliphatic carbocycles. The van der Waals surface area contributed by atoms with Crippen LogP contribution < -0.4 is 51.4 Å². The van der Waals surface area contributed by atoms with E-state index in [1.807, 2.05) is 0 Å². The first-order valence-corrected chi connectivity index (χ1v) is 5.23. The number of carbonyl (C=O) groups is 1. The molecule has 0 amide bonds. The summed E-state index contributed by atoms with van der Waals surface area (Å²) in [5.41, 5.74) is -0.330. The summed E-state index contributed by atoms with van der Waals surface area (Å²) in [5.74, 6) is -1.73. The first kappa shape index (κ1) is 17.2. The molecule has 0 spiro atoms. The Balaban J connectivity index is 0. The molecule has 0 N–H and O–H groups in total. The quantitative estimate of drug-likeness (QED) is 0.224. The molecule has 0 unspecified atom stereocenters. The standard InChI is InChI=1S/C7H12O5S.K/c1-3-4-12-7(8)6(2)5-13(9,10)11;/h2-5H2,1H3,(H,9,10,11);/q;+1/p-1. The van der Waals surface area contributed by atoms with Gasteiger partial charge in [0.25, 0.3) is 0 Å². The van der Waals surface area contributed by atoms with Crippen molar-refractivity contribution in [1.29, 1.82) is 0 Å². The van der Waals surface area contributed by atoms with Crippen LogP contribution in [0.2, 0.25) is 0 Å². The van der Waals surface area contributed by atoms with E-state index in [4.69, 9.17) is 0 Å².